The average Bonchev–Trinajstić information content (AvgIpc) is 3.20. The number of aliphatic hydroxyl groups excluding tert-OH is 1. The first-order valence-electron chi connectivity index (χ1n) is 11.5. The van der Waals surface area contributed by atoms with E-state index in [1.807, 2.05) is 30.1 Å². The van der Waals surface area contributed by atoms with E-state index in [1.54, 1.807) is 30.0 Å². The zero-order valence-corrected chi connectivity index (χ0v) is 19.7. The summed E-state index contributed by atoms with van der Waals surface area (Å²) in [4.78, 5) is 28.5. The molecule has 0 aromatic heterocycles. The molecule has 1 N–H and O–H groups in total. The lowest BCUT2D eigenvalue weighted by molar-refractivity contribution is -0.134. The van der Waals surface area contributed by atoms with Crippen molar-refractivity contribution in [1.82, 2.24) is 9.80 Å². The maximum Gasteiger partial charge on any atom is 0.338 e. The van der Waals surface area contributed by atoms with Crippen LogP contribution in [0.15, 0.2) is 59.4 Å². The number of cyclic esters (lactones) is 1. The van der Waals surface area contributed by atoms with Crippen LogP contribution in [0.5, 0.6) is 0 Å². The Morgan fingerprint density at radius 3 is 2.88 bits per heavy atom. The minimum absolute atomic E-state index is 0.0170. The van der Waals surface area contributed by atoms with Gasteiger partial charge in [-0.3, -0.25) is 9.69 Å². The van der Waals surface area contributed by atoms with Crippen molar-refractivity contribution in [2.45, 2.75) is 33.5 Å². The van der Waals surface area contributed by atoms with Gasteiger partial charge in [-0.05, 0) is 60.8 Å². The van der Waals surface area contributed by atoms with Crippen molar-refractivity contribution in [2.24, 2.45) is 5.92 Å². The number of fused-ring (bicyclic) bond motifs is 1. The van der Waals surface area contributed by atoms with Crippen molar-refractivity contribution >= 4 is 11.9 Å². The van der Waals surface area contributed by atoms with Gasteiger partial charge in [0.05, 0.1) is 24.3 Å². The maximum absolute atomic E-state index is 13.0. The van der Waals surface area contributed by atoms with Crippen LogP contribution in [0.25, 0.3) is 0 Å². The first kappa shape index (κ1) is 23.7. The Labute approximate surface area is 199 Å². The lowest BCUT2D eigenvalue weighted by atomic mass is 9.93. The summed E-state index contributed by atoms with van der Waals surface area (Å²) in [5.74, 6) is -0.138. The van der Waals surface area contributed by atoms with Crippen LogP contribution in [0.3, 0.4) is 0 Å². The number of carbonyl (C=O) groups excluding carboxylic acids is 2. The number of benzene rings is 1. The molecule has 176 valence electrons. The van der Waals surface area contributed by atoms with Gasteiger partial charge in [0.2, 0.25) is 5.91 Å². The van der Waals surface area contributed by atoms with Crippen LogP contribution in [-0.4, -0.2) is 53.0 Å². The Bertz CT molecular complexity index is 1180. The monoisotopic (exact) mass is 459 g/mol. The molecular weight excluding hydrogens is 430 g/mol. The fraction of sp³-hybridized carbons (Fsp3) is 0.370. The third-order valence-electron chi connectivity index (χ3n) is 6.71. The van der Waals surface area contributed by atoms with Crippen molar-refractivity contribution < 1.29 is 19.4 Å². The van der Waals surface area contributed by atoms with Gasteiger partial charge in [0.1, 0.15) is 6.61 Å². The minimum Gasteiger partial charge on any atom is -0.457 e. The largest absolute Gasteiger partial charge is 0.457 e. The number of esters is 1. The predicted octanol–water partition coefficient (Wildman–Crippen LogP) is 3.33. The summed E-state index contributed by atoms with van der Waals surface area (Å²) in [6, 6.07) is 5.60. The predicted molar refractivity (Wildman–Crippen MR) is 127 cm³/mol. The Morgan fingerprint density at radius 2 is 2.15 bits per heavy atom. The van der Waals surface area contributed by atoms with Crippen LogP contribution in [0.1, 0.15) is 47.0 Å². The Morgan fingerprint density at radius 1 is 1.35 bits per heavy atom. The van der Waals surface area contributed by atoms with Crippen LogP contribution in [0.4, 0.5) is 0 Å². The zero-order valence-electron chi connectivity index (χ0n) is 19.7. The third-order valence-corrected chi connectivity index (χ3v) is 6.71. The maximum atomic E-state index is 13.0. The summed E-state index contributed by atoms with van der Waals surface area (Å²) in [5, 5.41) is 19.9. The first-order chi connectivity index (χ1) is 16.3. The summed E-state index contributed by atoms with van der Waals surface area (Å²) in [7, 11) is 0. The van der Waals surface area contributed by atoms with E-state index in [0.29, 0.717) is 30.8 Å². The number of nitriles is 1. The molecule has 0 spiro atoms. The fourth-order valence-electron chi connectivity index (χ4n) is 4.55. The highest BCUT2D eigenvalue weighted by atomic mass is 16.5. The van der Waals surface area contributed by atoms with E-state index in [2.05, 4.69) is 19.1 Å². The van der Waals surface area contributed by atoms with E-state index in [4.69, 9.17) is 10.00 Å². The number of carbonyl (C=O) groups is 2. The summed E-state index contributed by atoms with van der Waals surface area (Å²) < 4.78 is 5.11. The van der Waals surface area contributed by atoms with Crippen LogP contribution in [0.2, 0.25) is 0 Å². The highest BCUT2D eigenvalue weighted by Crippen LogP contribution is 2.30. The quantitative estimate of drug-likeness (QED) is 0.536. The van der Waals surface area contributed by atoms with Crippen LogP contribution in [0, 0.1) is 24.2 Å². The number of aliphatic hydroxyl groups is 1. The Kier molecular flexibility index (Phi) is 6.82. The smallest absolute Gasteiger partial charge is 0.338 e. The zero-order chi connectivity index (χ0) is 24.4. The number of hydrogen-bond acceptors (Lipinski definition) is 6. The standard InChI is InChI=1S/C27H29N3O4/c1-17(13-28)4-6-20-12-21(7-5-18(20)2)30-11-10-29(15-26(30)32)14-25(31)22-8-9-23-24(19(22)3)16-34-27(23)33/h4-9,12,18,25,31H,10-11,14-16H2,1-3H3. The normalized spacial score (nSPS) is 23.0. The molecule has 2 aliphatic heterocycles. The molecule has 1 saturated heterocycles. The Balaban J connectivity index is 1.42. The molecule has 0 saturated carbocycles. The topological polar surface area (TPSA) is 93.9 Å². The van der Waals surface area contributed by atoms with Crippen LogP contribution in [-0.2, 0) is 16.1 Å². The molecule has 0 radical (unpaired) electrons. The van der Waals surface area contributed by atoms with Gasteiger partial charge in [0.15, 0.2) is 0 Å². The number of amides is 1. The molecule has 1 aromatic carbocycles. The molecule has 2 atom stereocenters. The van der Waals surface area contributed by atoms with Crippen LogP contribution >= 0.6 is 0 Å². The van der Waals surface area contributed by atoms with Gasteiger partial charge in [-0.15, -0.1) is 0 Å². The van der Waals surface area contributed by atoms with Gasteiger partial charge in [-0.25, -0.2) is 4.79 Å². The van der Waals surface area contributed by atoms with Crippen molar-refractivity contribution in [3.63, 3.8) is 0 Å². The van der Waals surface area contributed by atoms with E-state index in [9.17, 15) is 14.7 Å². The van der Waals surface area contributed by atoms with Crippen molar-refractivity contribution in [1.29, 1.82) is 5.26 Å². The van der Waals surface area contributed by atoms with E-state index in [-0.39, 0.29) is 30.9 Å². The SMILES string of the molecule is CC(C#N)=CC=C1C=C(N2CCN(CC(O)c3ccc4c(c3C)COC4=O)CC2=O)C=CC1C. The van der Waals surface area contributed by atoms with Gasteiger partial charge in [-0.2, -0.15) is 5.26 Å². The number of ether oxygens (including phenoxy) is 1. The molecular formula is C27H29N3O4. The number of nitrogens with zero attached hydrogens (tertiary/aromatic N) is 3. The summed E-state index contributed by atoms with van der Waals surface area (Å²) in [5.41, 5.74) is 5.54. The minimum atomic E-state index is -0.764. The molecule has 2 heterocycles. The molecule has 1 amide bonds. The molecule has 1 aliphatic carbocycles. The summed E-state index contributed by atoms with van der Waals surface area (Å²) >= 11 is 0. The van der Waals surface area contributed by atoms with Gasteiger partial charge >= 0.3 is 5.97 Å². The summed E-state index contributed by atoms with van der Waals surface area (Å²) in [6.45, 7) is 7.70. The van der Waals surface area contributed by atoms with Gasteiger partial charge in [-0.1, -0.05) is 25.1 Å². The highest BCUT2D eigenvalue weighted by Gasteiger charge is 2.30. The number of hydrogen-bond donors (Lipinski definition) is 1. The number of rotatable bonds is 5. The number of allylic oxidation sites excluding steroid dienone is 7. The molecule has 0 bridgehead atoms. The van der Waals surface area contributed by atoms with Gasteiger partial charge in [0.25, 0.3) is 0 Å². The first-order valence-corrected chi connectivity index (χ1v) is 11.5. The molecule has 3 aliphatic rings. The molecule has 34 heavy (non-hydrogen) atoms. The number of piperazine rings is 1. The van der Waals surface area contributed by atoms with Crippen molar-refractivity contribution in [2.75, 3.05) is 26.2 Å². The van der Waals surface area contributed by atoms with Crippen molar-refractivity contribution in [3.05, 3.63) is 81.6 Å². The van der Waals surface area contributed by atoms with E-state index in [0.717, 1.165) is 28.0 Å². The molecule has 4 rings (SSSR count). The van der Waals surface area contributed by atoms with E-state index in [1.165, 1.54) is 0 Å². The number of β-amino-alcohol motifs (C(OH)–C–C–N with tert-alkyl or cyclic N) is 1. The fourth-order valence-corrected chi connectivity index (χ4v) is 4.55. The third kappa shape index (κ3) is 4.74. The molecule has 7 nitrogen and oxygen atoms in total. The molecule has 7 heteroatoms. The van der Waals surface area contributed by atoms with Crippen LogP contribution < -0.4 is 0 Å². The highest BCUT2D eigenvalue weighted by molar-refractivity contribution is 5.94. The van der Waals surface area contributed by atoms with Crippen molar-refractivity contribution in [3.8, 4) is 6.07 Å². The van der Waals surface area contributed by atoms with Gasteiger partial charge in [0, 0.05) is 36.5 Å². The lowest BCUT2D eigenvalue weighted by Crippen LogP contribution is -2.50. The molecule has 2 unspecified atom stereocenters. The average molecular weight is 460 g/mol. The second kappa shape index (κ2) is 9.80. The Hall–Kier alpha value is -3.47. The second-order valence-corrected chi connectivity index (χ2v) is 9.02. The molecule has 1 fully saturated rings. The van der Waals surface area contributed by atoms with E-state index >= 15 is 0 Å². The second-order valence-electron chi connectivity index (χ2n) is 9.02. The van der Waals surface area contributed by atoms with Gasteiger partial charge < -0.3 is 14.7 Å². The lowest BCUT2D eigenvalue weighted by Gasteiger charge is -2.36. The summed E-state index contributed by atoms with van der Waals surface area (Å²) in [6.07, 6.45) is 9.00. The molecule has 1 aromatic rings. The van der Waals surface area contributed by atoms with E-state index < -0.39 is 6.10 Å².